The van der Waals surface area contributed by atoms with Crippen molar-refractivity contribution in [1.29, 1.82) is 0 Å². The molecule has 32 heavy (non-hydrogen) atoms. The smallest absolute Gasteiger partial charge is 0.255 e. The van der Waals surface area contributed by atoms with Crippen molar-refractivity contribution in [2.24, 2.45) is 0 Å². The second-order valence-electron chi connectivity index (χ2n) is 7.63. The fraction of sp³-hybridized carbons (Fsp3) is 0.167. The number of fused-ring (bicyclic) bond motifs is 1. The summed E-state index contributed by atoms with van der Waals surface area (Å²) in [6.07, 6.45) is 1.80. The van der Waals surface area contributed by atoms with Crippen molar-refractivity contribution in [3.8, 4) is 5.69 Å². The molecule has 7 nitrogen and oxygen atoms in total. The number of nitrogens with one attached hydrogen (secondary N) is 1. The van der Waals surface area contributed by atoms with E-state index in [1.165, 1.54) is 24.3 Å². The van der Waals surface area contributed by atoms with Crippen LogP contribution in [0.3, 0.4) is 0 Å². The van der Waals surface area contributed by atoms with Crippen LogP contribution in [0, 0.1) is 5.82 Å². The third-order valence-electron chi connectivity index (χ3n) is 5.57. The molecule has 160 valence electrons. The molecule has 0 fully saturated rings. The van der Waals surface area contributed by atoms with Crippen LogP contribution in [-0.4, -0.2) is 32.7 Å². The van der Waals surface area contributed by atoms with Crippen LogP contribution in [-0.2, 0) is 13.0 Å². The number of para-hydroxylation sites is 1. The summed E-state index contributed by atoms with van der Waals surface area (Å²) in [6.45, 7) is 1.41. The molecule has 3 aromatic carbocycles. The van der Waals surface area contributed by atoms with Crippen molar-refractivity contribution in [3.63, 3.8) is 0 Å². The first-order valence-corrected chi connectivity index (χ1v) is 10.5. The largest absolute Gasteiger partial charge is 0.364 e. The van der Waals surface area contributed by atoms with Crippen LogP contribution in [0.25, 0.3) is 5.69 Å². The number of halogens is 1. The number of carbonyl (C=O) groups is 1. The molecule has 0 atom stereocenters. The highest BCUT2D eigenvalue weighted by Crippen LogP contribution is 2.34. The first-order valence-electron chi connectivity index (χ1n) is 10.5. The number of carbonyl (C=O) groups excluding carboxylic acids is 1. The van der Waals surface area contributed by atoms with E-state index in [4.69, 9.17) is 0 Å². The Morgan fingerprint density at radius 2 is 1.81 bits per heavy atom. The van der Waals surface area contributed by atoms with Crippen LogP contribution in [0.15, 0.2) is 72.8 Å². The van der Waals surface area contributed by atoms with Gasteiger partial charge >= 0.3 is 0 Å². The highest BCUT2D eigenvalue weighted by Gasteiger charge is 2.22. The molecule has 1 aliphatic rings. The lowest BCUT2D eigenvalue weighted by Crippen LogP contribution is -2.31. The van der Waals surface area contributed by atoms with Gasteiger partial charge in [0.05, 0.1) is 12.2 Å². The molecule has 0 saturated carbocycles. The van der Waals surface area contributed by atoms with Gasteiger partial charge in [-0.2, -0.15) is 4.68 Å². The van der Waals surface area contributed by atoms with E-state index in [2.05, 4.69) is 31.8 Å². The number of tetrazole rings is 1. The van der Waals surface area contributed by atoms with E-state index in [0.717, 1.165) is 47.8 Å². The average molecular weight is 428 g/mol. The number of benzene rings is 3. The zero-order valence-electron chi connectivity index (χ0n) is 17.3. The summed E-state index contributed by atoms with van der Waals surface area (Å²) in [7, 11) is 0. The lowest BCUT2D eigenvalue weighted by molar-refractivity contribution is 0.102. The SMILES string of the molecule is O=C(Nc1cccc2c1CCCN2Cc1nnnn1-c1ccccc1)c1ccc(F)cc1. The number of hydrogen-bond acceptors (Lipinski definition) is 5. The monoisotopic (exact) mass is 428 g/mol. The minimum Gasteiger partial charge on any atom is -0.364 e. The first-order chi connectivity index (χ1) is 15.7. The van der Waals surface area contributed by atoms with Gasteiger partial charge in [0.1, 0.15) is 5.82 Å². The fourth-order valence-corrected chi connectivity index (χ4v) is 4.02. The predicted molar refractivity (Wildman–Crippen MR) is 119 cm³/mol. The van der Waals surface area contributed by atoms with Crippen LogP contribution in [0.5, 0.6) is 0 Å². The lowest BCUT2D eigenvalue weighted by atomic mass is 9.99. The summed E-state index contributed by atoms with van der Waals surface area (Å²) in [5, 5.41) is 15.2. The van der Waals surface area contributed by atoms with Crippen LogP contribution < -0.4 is 10.2 Å². The van der Waals surface area contributed by atoms with Crippen molar-refractivity contribution >= 4 is 17.3 Å². The van der Waals surface area contributed by atoms with Gasteiger partial charge < -0.3 is 10.2 Å². The van der Waals surface area contributed by atoms with Crippen LogP contribution >= 0.6 is 0 Å². The van der Waals surface area contributed by atoms with Crippen molar-refractivity contribution in [2.45, 2.75) is 19.4 Å². The van der Waals surface area contributed by atoms with Gasteiger partial charge in [0.2, 0.25) is 0 Å². The molecule has 0 bridgehead atoms. The maximum absolute atomic E-state index is 13.2. The highest BCUT2D eigenvalue weighted by atomic mass is 19.1. The maximum Gasteiger partial charge on any atom is 0.255 e. The number of hydrogen-bond donors (Lipinski definition) is 1. The molecular formula is C24H21FN6O. The minimum atomic E-state index is -0.368. The van der Waals surface area contributed by atoms with Gasteiger partial charge in [0.25, 0.3) is 5.91 Å². The van der Waals surface area contributed by atoms with E-state index in [1.54, 1.807) is 4.68 Å². The molecule has 8 heteroatoms. The number of nitrogens with zero attached hydrogens (tertiary/aromatic N) is 5. The van der Waals surface area contributed by atoms with Crippen molar-refractivity contribution in [1.82, 2.24) is 20.2 Å². The summed E-state index contributed by atoms with van der Waals surface area (Å²) in [6, 6.07) is 21.2. The average Bonchev–Trinajstić information content (AvgIpc) is 3.29. The van der Waals surface area contributed by atoms with Crippen LogP contribution in [0.1, 0.15) is 28.2 Å². The molecule has 0 aliphatic carbocycles. The Hall–Kier alpha value is -4.07. The van der Waals surface area contributed by atoms with Gasteiger partial charge in [-0.15, -0.1) is 5.10 Å². The lowest BCUT2D eigenvalue weighted by Gasteiger charge is -2.32. The van der Waals surface area contributed by atoms with Gasteiger partial charge in [-0.05, 0) is 77.4 Å². The molecule has 5 rings (SSSR count). The Kier molecular flexibility index (Phi) is 5.33. The normalized spacial score (nSPS) is 13.0. The van der Waals surface area contributed by atoms with Crippen LogP contribution in [0.4, 0.5) is 15.8 Å². The zero-order chi connectivity index (χ0) is 21.9. The van der Waals surface area contributed by atoms with Crippen molar-refractivity contribution < 1.29 is 9.18 Å². The Morgan fingerprint density at radius 1 is 1.00 bits per heavy atom. The van der Waals surface area contributed by atoms with Gasteiger partial charge in [-0.25, -0.2) is 4.39 Å². The van der Waals surface area contributed by atoms with Gasteiger partial charge in [0.15, 0.2) is 5.82 Å². The van der Waals surface area contributed by atoms with E-state index in [-0.39, 0.29) is 11.7 Å². The molecule has 4 aromatic rings. The molecule has 1 aromatic heterocycles. The fourth-order valence-electron chi connectivity index (χ4n) is 4.02. The van der Waals surface area contributed by atoms with Gasteiger partial charge in [0, 0.05) is 23.5 Å². The molecule has 0 spiro atoms. The third-order valence-corrected chi connectivity index (χ3v) is 5.57. The Labute approximate surface area is 184 Å². The van der Waals surface area contributed by atoms with E-state index in [9.17, 15) is 9.18 Å². The quantitative estimate of drug-likeness (QED) is 0.520. The number of amides is 1. The van der Waals surface area contributed by atoms with Crippen molar-refractivity contribution in [3.05, 3.63) is 95.6 Å². The second-order valence-corrected chi connectivity index (χ2v) is 7.63. The second kappa shape index (κ2) is 8.58. The number of rotatable bonds is 5. The maximum atomic E-state index is 13.2. The summed E-state index contributed by atoms with van der Waals surface area (Å²) in [5.74, 6) is 0.112. The Bertz CT molecular complexity index is 1240. The van der Waals surface area contributed by atoms with E-state index in [0.29, 0.717) is 12.1 Å². The summed E-state index contributed by atoms with van der Waals surface area (Å²) in [5.41, 5.74) is 4.22. The molecule has 1 N–H and O–H groups in total. The standard InChI is InChI=1S/C24H21FN6O/c25-18-13-11-17(12-14-18)24(32)26-21-9-4-10-22-20(21)8-5-15-30(22)16-23-27-28-29-31(23)19-6-2-1-3-7-19/h1-4,6-7,9-14H,5,8,15-16H2,(H,26,32). The topological polar surface area (TPSA) is 75.9 Å². The summed E-state index contributed by atoms with van der Waals surface area (Å²) >= 11 is 0. The number of aromatic nitrogens is 4. The zero-order valence-corrected chi connectivity index (χ0v) is 17.3. The minimum absolute atomic E-state index is 0.261. The van der Waals surface area contributed by atoms with Crippen LogP contribution in [0.2, 0.25) is 0 Å². The predicted octanol–water partition coefficient (Wildman–Crippen LogP) is 4.01. The molecule has 1 amide bonds. The van der Waals surface area contributed by atoms with Crippen molar-refractivity contribution in [2.75, 3.05) is 16.8 Å². The van der Waals surface area contributed by atoms with Gasteiger partial charge in [-0.3, -0.25) is 4.79 Å². The molecular weight excluding hydrogens is 407 g/mol. The summed E-state index contributed by atoms with van der Waals surface area (Å²) < 4.78 is 14.9. The Balaban J connectivity index is 1.40. The third kappa shape index (κ3) is 3.94. The highest BCUT2D eigenvalue weighted by molar-refractivity contribution is 6.05. The van der Waals surface area contributed by atoms with E-state index < -0.39 is 0 Å². The van der Waals surface area contributed by atoms with E-state index in [1.807, 2.05) is 42.5 Å². The molecule has 0 radical (unpaired) electrons. The molecule has 0 saturated heterocycles. The van der Waals surface area contributed by atoms with E-state index >= 15 is 0 Å². The van der Waals surface area contributed by atoms with Gasteiger partial charge in [-0.1, -0.05) is 24.3 Å². The summed E-state index contributed by atoms with van der Waals surface area (Å²) in [4.78, 5) is 14.9. The first kappa shape index (κ1) is 19.9. The Morgan fingerprint density at radius 3 is 2.62 bits per heavy atom. The molecule has 2 heterocycles. The number of anilines is 2. The molecule has 1 aliphatic heterocycles. The molecule has 0 unspecified atom stereocenters.